The summed E-state index contributed by atoms with van der Waals surface area (Å²) in [5.41, 5.74) is 3.18. The van der Waals surface area contributed by atoms with E-state index in [1.807, 2.05) is 42.5 Å². The first-order chi connectivity index (χ1) is 17.0. The number of carbonyl (C=O) groups is 1. The number of nitrogens with one attached hydrogen (secondary N) is 1. The Morgan fingerprint density at radius 3 is 2.49 bits per heavy atom. The number of carbonyl (C=O) groups excluding carboxylic acids is 1. The molecule has 35 heavy (non-hydrogen) atoms. The van der Waals surface area contributed by atoms with Crippen LogP contribution in [0.2, 0.25) is 5.02 Å². The van der Waals surface area contributed by atoms with Gasteiger partial charge in [-0.05, 0) is 67.9 Å². The fraction of sp³-hybridized carbons (Fsp3) is 0.259. The summed E-state index contributed by atoms with van der Waals surface area (Å²) in [7, 11) is 0. The van der Waals surface area contributed by atoms with Gasteiger partial charge < -0.3 is 9.88 Å². The van der Waals surface area contributed by atoms with Crippen LogP contribution in [-0.2, 0) is 17.9 Å². The lowest BCUT2D eigenvalue weighted by atomic mass is 9.95. The van der Waals surface area contributed by atoms with Gasteiger partial charge in [-0.2, -0.15) is 0 Å². The second-order valence-corrected chi connectivity index (χ2v) is 9.33. The highest BCUT2D eigenvalue weighted by Gasteiger charge is 2.26. The Kier molecular flexibility index (Phi) is 6.79. The van der Waals surface area contributed by atoms with E-state index in [1.54, 1.807) is 0 Å². The number of likely N-dealkylation sites (tertiary alicyclic amines) is 1. The van der Waals surface area contributed by atoms with Gasteiger partial charge in [-0.25, -0.2) is 13.8 Å². The zero-order chi connectivity index (χ0) is 24.4. The van der Waals surface area contributed by atoms with Gasteiger partial charge in [-0.3, -0.25) is 9.69 Å². The van der Waals surface area contributed by atoms with Crippen LogP contribution in [0.15, 0.2) is 66.7 Å². The van der Waals surface area contributed by atoms with E-state index >= 15 is 0 Å². The van der Waals surface area contributed by atoms with Crippen molar-refractivity contribution in [2.75, 3.05) is 18.4 Å². The average Bonchev–Trinajstić information content (AvgIpc) is 3.19. The maximum absolute atomic E-state index is 13.9. The van der Waals surface area contributed by atoms with Crippen molar-refractivity contribution in [1.82, 2.24) is 14.5 Å². The monoisotopic (exact) mass is 494 g/mol. The molecule has 8 heteroatoms. The predicted molar refractivity (Wildman–Crippen MR) is 133 cm³/mol. The van der Waals surface area contributed by atoms with Crippen molar-refractivity contribution in [3.63, 3.8) is 0 Å². The fourth-order valence-corrected chi connectivity index (χ4v) is 4.70. The number of fused-ring (bicyclic) bond motifs is 1. The molecule has 0 atom stereocenters. The van der Waals surface area contributed by atoms with Gasteiger partial charge in [0.15, 0.2) is 0 Å². The molecule has 1 aliphatic heterocycles. The molecule has 0 saturated carbocycles. The van der Waals surface area contributed by atoms with Crippen LogP contribution in [0, 0.1) is 17.6 Å². The molecule has 2 heterocycles. The van der Waals surface area contributed by atoms with E-state index in [4.69, 9.17) is 16.6 Å². The largest absolute Gasteiger partial charge is 0.323 e. The number of nitrogens with zero attached hydrogens (tertiary/aromatic N) is 3. The number of rotatable bonds is 6. The topological polar surface area (TPSA) is 50.2 Å². The van der Waals surface area contributed by atoms with Crippen LogP contribution in [0.3, 0.4) is 0 Å². The summed E-state index contributed by atoms with van der Waals surface area (Å²) in [4.78, 5) is 19.8. The van der Waals surface area contributed by atoms with Crippen molar-refractivity contribution in [1.29, 1.82) is 0 Å². The van der Waals surface area contributed by atoms with Crippen molar-refractivity contribution >= 4 is 34.2 Å². The summed E-state index contributed by atoms with van der Waals surface area (Å²) in [6.07, 6.45) is 1.32. The van der Waals surface area contributed by atoms with Gasteiger partial charge in [0.2, 0.25) is 5.91 Å². The standard InChI is InChI=1S/C27H25ClF2N4O/c28-20-7-5-18(6-8-20)16-34-25-4-2-1-3-24(25)31-26(34)17-33-13-11-19(12-14-33)27(35)32-23-10-9-21(29)15-22(23)30/h1-10,15,19H,11-14,16-17H2,(H,32,35). The second-order valence-electron chi connectivity index (χ2n) is 8.89. The molecule has 1 N–H and O–H groups in total. The van der Waals surface area contributed by atoms with Crippen LogP contribution in [0.25, 0.3) is 11.0 Å². The lowest BCUT2D eigenvalue weighted by Gasteiger charge is -2.31. The first-order valence-electron chi connectivity index (χ1n) is 11.6. The van der Waals surface area contributed by atoms with Crippen molar-refractivity contribution in [3.8, 4) is 0 Å². The minimum Gasteiger partial charge on any atom is -0.323 e. The lowest BCUT2D eigenvalue weighted by molar-refractivity contribution is -0.121. The number of halogens is 3. The van der Waals surface area contributed by atoms with Gasteiger partial charge in [0.25, 0.3) is 0 Å². The molecule has 1 fully saturated rings. The summed E-state index contributed by atoms with van der Waals surface area (Å²) in [6.45, 7) is 2.82. The van der Waals surface area contributed by atoms with Crippen molar-refractivity contribution in [3.05, 3.63) is 94.8 Å². The van der Waals surface area contributed by atoms with Gasteiger partial charge in [0.1, 0.15) is 17.5 Å². The zero-order valence-electron chi connectivity index (χ0n) is 19.1. The molecule has 1 amide bonds. The van der Waals surface area contributed by atoms with Crippen molar-refractivity contribution < 1.29 is 13.6 Å². The van der Waals surface area contributed by atoms with Gasteiger partial charge >= 0.3 is 0 Å². The number of piperidine rings is 1. The minimum absolute atomic E-state index is 0.00902. The molecule has 0 unspecified atom stereocenters. The average molecular weight is 495 g/mol. The van der Waals surface area contributed by atoms with Crippen LogP contribution >= 0.6 is 11.6 Å². The van der Waals surface area contributed by atoms with E-state index in [9.17, 15) is 13.6 Å². The number of aromatic nitrogens is 2. The number of amides is 1. The number of hydrogen-bond acceptors (Lipinski definition) is 3. The molecule has 180 valence electrons. The Morgan fingerprint density at radius 2 is 1.74 bits per heavy atom. The Balaban J connectivity index is 1.26. The van der Waals surface area contributed by atoms with Gasteiger partial charge in [-0.15, -0.1) is 0 Å². The number of benzene rings is 3. The van der Waals surface area contributed by atoms with E-state index in [-0.39, 0.29) is 17.5 Å². The minimum atomic E-state index is -0.768. The van der Waals surface area contributed by atoms with E-state index in [0.29, 0.717) is 31.0 Å². The third-order valence-corrected chi connectivity index (χ3v) is 6.75. The van der Waals surface area contributed by atoms with Gasteiger partial charge in [-0.1, -0.05) is 35.9 Å². The summed E-state index contributed by atoms with van der Waals surface area (Å²) in [5.74, 6) is -0.919. The molecule has 4 aromatic rings. The molecular weight excluding hydrogens is 470 g/mol. The lowest BCUT2D eigenvalue weighted by Crippen LogP contribution is -2.38. The zero-order valence-corrected chi connectivity index (χ0v) is 19.8. The maximum Gasteiger partial charge on any atom is 0.227 e. The Labute approximate surface area is 207 Å². The quantitative estimate of drug-likeness (QED) is 0.365. The smallest absolute Gasteiger partial charge is 0.227 e. The number of para-hydroxylation sites is 2. The molecule has 5 rings (SSSR count). The van der Waals surface area contributed by atoms with E-state index in [1.165, 1.54) is 6.07 Å². The van der Waals surface area contributed by atoms with Gasteiger partial charge in [0, 0.05) is 23.6 Å². The molecule has 0 bridgehead atoms. The van der Waals surface area contributed by atoms with Crippen LogP contribution < -0.4 is 5.32 Å². The molecule has 0 radical (unpaired) electrons. The molecule has 0 aliphatic carbocycles. The summed E-state index contributed by atoms with van der Waals surface area (Å²) in [6, 6.07) is 19.1. The van der Waals surface area contributed by atoms with Crippen LogP contribution in [0.4, 0.5) is 14.5 Å². The van der Waals surface area contributed by atoms with Crippen LogP contribution in [0.1, 0.15) is 24.2 Å². The molecule has 1 saturated heterocycles. The molecular formula is C27H25ClF2N4O. The van der Waals surface area contributed by atoms with Crippen molar-refractivity contribution in [2.24, 2.45) is 5.92 Å². The second kappa shape index (κ2) is 10.1. The highest BCUT2D eigenvalue weighted by Crippen LogP contribution is 2.24. The Bertz CT molecular complexity index is 1350. The predicted octanol–water partition coefficient (Wildman–Crippen LogP) is 5.87. The first-order valence-corrected chi connectivity index (χ1v) is 12.0. The Morgan fingerprint density at radius 1 is 1.00 bits per heavy atom. The molecule has 0 spiro atoms. The van der Waals surface area contributed by atoms with E-state index < -0.39 is 11.6 Å². The van der Waals surface area contributed by atoms with E-state index in [2.05, 4.69) is 20.9 Å². The summed E-state index contributed by atoms with van der Waals surface area (Å²) < 4.78 is 29.3. The number of hydrogen-bond donors (Lipinski definition) is 1. The third-order valence-electron chi connectivity index (χ3n) is 6.50. The fourth-order valence-electron chi connectivity index (χ4n) is 4.57. The third kappa shape index (κ3) is 5.36. The van der Waals surface area contributed by atoms with Crippen LogP contribution in [-0.4, -0.2) is 33.4 Å². The number of imidazole rings is 1. The maximum atomic E-state index is 13.9. The Hall–Kier alpha value is -3.29. The molecule has 3 aromatic carbocycles. The molecule has 5 nitrogen and oxygen atoms in total. The summed E-state index contributed by atoms with van der Waals surface area (Å²) in [5, 5.41) is 3.31. The molecule has 1 aromatic heterocycles. The van der Waals surface area contributed by atoms with Crippen molar-refractivity contribution in [2.45, 2.75) is 25.9 Å². The highest BCUT2D eigenvalue weighted by molar-refractivity contribution is 6.30. The molecule has 1 aliphatic rings. The van der Waals surface area contributed by atoms with E-state index in [0.717, 1.165) is 47.6 Å². The first kappa shape index (κ1) is 23.5. The normalized spacial score (nSPS) is 14.9. The SMILES string of the molecule is O=C(Nc1ccc(F)cc1F)C1CCN(Cc2nc3ccccc3n2Cc2ccc(Cl)cc2)CC1. The summed E-state index contributed by atoms with van der Waals surface area (Å²) >= 11 is 6.05. The highest BCUT2D eigenvalue weighted by atomic mass is 35.5. The van der Waals surface area contributed by atoms with Gasteiger partial charge in [0.05, 0.1) is 23.3 Å². The van der Waals surface area contributed by atoms with Crippen LogP contribution in [0.5, 0.6) is 0 Å². The number of anilines is 1.